The van der Waals surface area contributed by atoms with Crippen LogP contribution in [0.5, 0.6) is 11.5 Å². The zero-order valence-electron chi connectivity index (χ0n) is 20.8. The largest absolute Gasteiger partial charge is 0.493 e. The Kier molecular flexibility index (Phi) is 8.00. The Balaban J connectivity index is 1.92. The minimum Gasteiger partial charge on any atom is -0.493 e. The van der Waals surface area contributed by atoms with E-state index in [-0.39, 0.29) is 23.7 Å². The molecule has 0 fully saturated rings. The Morgan fingerprint density at radius 3 is 2.43 bits per heavy atom. The van der Waals surface area contributed by atoms with Gasteiger partial charge in [-0.25, -0.2) is 0 Å². The number of rotatable bonds is 7. The van der Waals surface area contributed by atoms with Gasteiger partial charge in [-0.05, 0) is 48.2 Å². The fraction of sp³-hybridized carbons (Fsp3) is 0.385. The van der Waals surface area contributed by atoms with Gasteiger partial charge < -0.3 is 19.7 Å². The number of hydrogen-bond donors (Lipinski definition) is 1. The summed E-state index contributed by atoms with van der Waals surface area (Å²) in [6, 6.07) is 8.69. The normalized spacial score (nSPS) is 14.0. The molecule has 1 N–H and O–H groups in total. The number of esters is 1. The summed E-state index contributed by atoms with van der Waals surface area (Å²) < 4.78 is 15.3. The Morgan fingerprint density at radius 2 is 1.86 bits per heavy atom. The number of ether oxygens (including phenoxy) is 2. The van der Waals surface area contributed by atoms with Crippen molar-refractivity contribution in [2.75, 3.05) is 20.2 Å². The molecule has 3 rings (SSSR count). The lowest BCUT2D eigenvalue weighted by Gasteiger charge is -2.23. The van der Waals surface area contributed by atoms with Gasteiger partial charge in [-0.3, -0.25) is 14.4 Å². The maximum atomic E-state index is 13.3. The first-order chi connectivity index (χ1) is 16.5. The summed E-state index contributed by atoms with van der Waals surface area (Å²) in [5, 5.41) is 2.63. The van der Waals surface area contributed by atoms with Crippen LogP contribution in [-0.4, -0.2) is 48.6 Å². The maximum absolute atomic E-state index is 13.3. The van der Waals surface area contributed by atoms with Crippen LogP contribution >= 0.6 is 16.1 Å². The summed E-state index contributed by atoms with van der Waals surface area (Å²) in [5.41, 5.74) is 3.03. The van der Waals surface area contributed by atoms with Gasteiger partial charge >= 0.3 is 5.97 Å². The maximum Gasteiger partial charge on any atom is 0.308 e. The van der Waals surface area contributed by atoms with E-state index in [2.05, 4.69) is 25.5 Å². The van der Waals surface area contributed by atoms with Crippen molar-refractivity contribution < 1.29 is 23.9 Å². The molecule has 0 aromatic heterocycles. The molecule has 0 saturated heterocycles. The molecule has 1 aliphatic rings. The third-order valence-electron chi connectivity index (χ3n) is 5.66. The van der Waals surface area contributed by atoms with E-state index in [1.165, 1.54) is 6.92 Å². The van der Waals surface area contributed by atoms with Gasteiger partial charge in [-0.2, -0.15) is 4.02 Å². The van der Waals surface area contributed by atoms with Gasteiger partial charge in [0.1, 0.15) is 17.3 Å². The minimum absolute atomic E-state index is 0.0783. The lowest BCUT2D eigenvalue weighted by atomic mass is 9.85. The summed E-state index contributed by atoms with van der Waals surface area (Å²) in [6.45, 7) is 10.1. The van der Waals surface area contributed by atoms with Crippen molar-refractivity contribution in [2.45, 2.75) is 46.6 Å². The van der Waals surface area contributed by atoms with Gasteiger partial charge in [-0.15, -0.1) is 0 Å². The highest BCUT2D eigenvalue weighted by atomic mass is 79.9. The molecule has 1 amide bonds. The van der Waals surface area contributed by atoms with Crippen molar-refractivity contribution in [1.29, 1.82) is 0 Å². The second-order valence-electron chi connectivity index (χ2n) is 9.26. The predicted molar refractivity (Wildman–Crippen MR) is 138 cm³/mol. The fourth-order valence-electron chi connectivity index (χ4n) is 4.03. The van der Waals surface area contributed by atoms with E-state index >= 15 is 0 Å². The molecule has 0 unspecified atom stereocenters. The van der Waals surface area contributed by atoms with E-state index in [0.717, 1.165) is 16.7 Å². The van der Waals surface area contributed by atoms with E-state index in [9.17, 15) is 14.4 Å². The third-order valence-corrected chi connectivity index (χ3v) is 5.99. The number of amidine groups is 1. The first kappa shape index (κ1) is 26.4. The number of ketones is 1. The number of halogens is 1. The van der Waals surface area contributed by atoms with Crippen molar-refractivity contribution in [1.82, 2.24) is 10.2 Å². The average molecular weight is 544 g/mol. The molecule has 0 saturated carbocycles. The van der Waals surface area contributed by atoms with Gasteiger partial charge in [0.05, 0.1) is 34.9 Å². The van der Waals surface area contributed by atoms with Crippen LogP contribution in [0.4, 0.5) is 0 Å². The topological polar surface area (TPSA) is 97.3 Å². The quantitative estimate of drug-likeness (QED) is 0.315. The molecular formula is C26H30BrN3O5. The second-order valence-corrected chi connectivity index (χ2v) is 9.61. The number of Topliss-reactive ketones (excluding diaryl/α,β-unsaturated/α-hetero) is 1. The molecule has 0 spiro atoms. The van der Waals surface area contributed by atoms with Gasteiger partial charge in [0.15, 0.2) is 5.78 Å². The highest BCUT2D eigenvalue weighted by molar-refractivity contribution is 9.08. The van der Waals surface area contributed by atoms with Crippen molar-refractivity contribution in [3.05, 3.63) is 58.1 Å². The average Bonchev–Trinajstić information content (AvgIpc) is 3.12. The van der Waals surface area contributed by atoms with Crippen LogP contribution in [-0.2, 0) is 16.8 Å². The van der Waals surface area contributed by atoms with Gasteiger partial charge in [0, 0.05) is 37.2 Å². The van der Waals surface area contributed by atoms with Crippen molar-refractivity contribution in [3.8, 4) is 11.5 Å². The summed E-state index contributed by atoms with van der Waals surface area (Å²) in [4.78, 5) is 39.1. The molecule has 35 heavy (non-hydrogen) atoms. The standard InChI is InChI=1S/C26H30BrN3O5/c1-7-34-23-11-17-13-30(24(29-27)18(17)12-19(23)25(33)28-6)14-21(32)16-8-9-22(35-15(2)31)20(10-16)26(3,4)5/h8-12H,7,13-14H2,1-6H3,(H,28,33)/b29-24-. The summed E-state index contributed by atoms with van der Waals surface area (Å²) in [7, 11) is 1.56. The number of nitrogens with zero attached hydrogens (tertiary/aromatic N) is 2. The summed E-state index contributed by atoms with van der Waals surface area (Å²) >= 11 is 3.19. The molecule has 1 aliphatic heterocycles. The first-order valence-electron chi connectivity index (χ1n) is 11.3. The monoisotopic (exact) mass is 543 g/mol. The van der Waals surface area contributed by atoms with Gasteiger partial charge in [0.2, 0.25) is 0 Å². The second kappa shape index (κ2) is 10.6. The van der Waals surface area contributed by atoms with Gasteiger partial charge in [-0.1, -0.05) is 20.8 Å². The number of carbonyl (C=O) groups excluding carboxylic acids is 3. The van der Waals surface area contributed by atoms with Gasteiger partial charge in [0.25, 0.3) is 5.91 Å². The minimum atomic E-state index is -0.412. The van der Waals surface area contributed by atoms with Crippen molar-refractivity contribution in [3.63, 3.8) is 0 Å². The van der Waals surface area contributed by atoms with Crippen LogP contribution < -0.4 is 14.8 Å². The molecular weight excluding hydrogens is 514 g/mol. The number of carbonyl (C=O) groups is 3. The molecule has 186 valence electrons. The van der Waals surface area contributed by atoms with E-state index < -0.39 is 5.97 Å². The van der Waals surface area contributed by atoms with Crippen LogP contribution in [0.1, 0.15) is 72.0 Å². The number of fused-ring (bicyclic) bond motifs is 1. The van der Waals surface area contributed by atoms with E-state index in [0.29, 0.717) is 41.6 Å². The van der Waals surface area contributed by atoms with Crippen LogP contribution in [0.3, 0.4) is 0 Å². The number of nitrogens with one attached hydrogen (secondary N) is 1. The first-order valence-corrected chi connectivity index (χ1v) is 12.0. The Bertz CT molecular complexity index is 1200. The highest BCUT2D eigenvalue weighted by Gasteiger charge is 2.31. The molecule has 0 atom stereocenters. The zero-order chi connectivity index (χ0) is 25.9. The highest BCUT2D eigenvalue weighted by Crippen LogP contribution is 2.34. The van der Waals surface area contributed by atoms with Crippen molar-refractivity contribution >= 4 is 39.6 Å². The smallest absolute Gasteiger partial charge is 0.308 e. The predicted octanol–water partition coefficient (Wildman–Crippen LogP) is 4.42. The molecule has 2 aromatic rings. The molecule has 0 radical (unpaired) electrons. The molecule has 0 bridgehead atoms. The summed E-state index contributed by atoms with van der Waals surface area (Å²) in [6.07, 6.45) is 0. The number of hydrogen-bond acceptors (Lipinski definition) is 6. The lowest BCUT2D eigenvalue weighted by Crippen LogP contribution is -2.31. The summed E-state index contributed by atoms with van der Waals surface area (Å²) in [5.74, 6) is 0.719. The van der Waals surface area contributed by atoms with Crippen molar-refractivity contribution in [2.24, 2.45) is 4.02 Å². The van der Waals surface area contributed by atoms with Crippen LogP contribution in [0, 0.1) is 0 Å². The fourth-order valence-corrected chi connectivity index (χ4v) is 4.44. The molecule has 9 heteroatoms. The third kappa shape index (κ3) is 5.73. The van der Waals surface area contributed by atoms with Crippen LogP contribution in [0.25, 0.3) is 0 Å². The molecule has 1 heterocycles. The van der Waals surface area contributed by atoms with Crippen LogP contribution in [0.2, 0.25) is 0 Å². The van der Waals surface area contributed by atoms with Crippen LogP contribution in [0.15, 0.2) is 34.4 Å². The van der Waals surface area contributed by atoms with E-state index in [1.54, 1.807) is 31.3 Å². The van der Waals surface area contributed by atoms with E-state index in [1.807, 2.05) is 38.7 Å². The molecule has 2 aromatic carbocycles. The zero-order valence-corrected chi connectivity index (χ0v) is 22.4. The lowest BCUT2D eigenvalue weighted by molar-refractivity contribution is -0.131. The Morgan fingerprint density at radius 1 is 1.14 bits per heavy atom. The number of benzene rings is 2. The molecule has 8 nitrogen and oxygen atoms in total. The molecule has 0 aliphatic carbocycles. The Labute approximate surface area is 214 Å². The Hall–Kier alpha value is -3.20. The number of amides is 1. The van der Waals surface area contributed by atoms with E-state index in [4.69, 9.17) is 9.47 Å². The SMILES string of the molecule is CCOc1cc2c(cc1C(=O)NC)/C(=N/Br)N(CC(=O)c1ccc(OC(C)=O)c(C(C)(C)C)c1)C2.